The van der Waals surface area contributed by atoms with Gasteiger partial charge in [0.05, 0.1) is 0 Å². The summed E-state index contributed by atoms with van der Waals surface area (Å²) in [5.41, 5.74) is 0. The van der Waals surface area contributed by atoms with E-state index in [1.807, 2.05) is 0 Å². The Hall–Kier alpha value is 8.89. The van der Waals surface area contributed by atoms with Gasteiger partial charge in [-0.15, -0.1) is 0 Å². The van der Waals surface area contributed by atoms with Crippen LogP contribution in [0, 0.1) is 0 Å². The van der Waals surface area contributed by atoms with Gasteiger partial charge in [-0.1, -0.05) is 0 Å². The maximum Gasteiger partial charge on any atom is 0 e. The first-order chi connectivity index (χ1) is 0. The van der Waals surface area contributed by atoms with Gasteiger partial charge in [0.1, 0.15) is 0 Å². The summed E-state index contributed by atoms with van der Waals surface area (Å²) in [7, 11) is 0. The Kier molecular flexibility index (Phi) is 973. The van der Waals surface area contributed by atoms with Crippen molar-refractivity contribution in [2.45, 2.75) is 0 Å². The molecule has 0 aliphatic rings. The van der Waals surface area contributed by atoms with Crippen LogP contribution >= 0.6 is 0 Å². The van der Waals surface area contributed by atoms with Crippen molar-refractivity contribution in [3.63, 3.8) is 0 Å². The minimum absolute atomic E-state index is 0. The molecule has 4 radical (unpaired) electrons. The number of hydrogen-bond donors (Lipinski definition) is 0. The summed E-state index contributed by atoms with van der Waals surface area (Å²) in [5, 5.41) is 0. The molecule has 0 rings (SSSR count). The number of hydrogen-bond acceptors (Lipinski definition) is 0. The van der Waals surface area contributed by atoms with Gasteiger partial charge < -0.3 is 0 Å². The Morgan fingerprint density at radius 1 is 0.154 bits per heavy atom. The van der Waals surface area contributed by atoms with E-state index >= 15 is 0 Å². The quantitative estimate of drug-likeness (QED) is 0.215. The average molecular weight is 782 g/mol. The van der Waals surface area contributed by atoms with E-state index in [0.29, 0.717) is 0 Å². The smallest absolute Gasteiger partial charge is 0 e. The number of rotatable bonds is 0. The molecule has 0 saturated heterocycles. The second-order valence-corrected chi connectivity index (χ2v) is 0. The van der Waals surface area contributed by atoms with Crippen LogP contribution in [0.3, 0.4) is 0 Å². The van der Waals surface area contributed by atoms with E-state index < -0.39 is 0 Å². The van der Waals surface area contributed by atoms with E-state index in [0.717, 1.165) is 0 Å². The van der Waals surface area contributed by atoms with Crippen molar-refractivity contribution >= 4 is 277 Å². The normalized spacial score (nSPS) is 0. The van der Waals surface area contributed by atoms with Crippen LogP contribution in [0.1, 0.15) is 0 Å². The van der Waals surface area contributed by atoms with Gasteiger partial charge in [-0.3, -0.25) is 0 Å². The molecule has 13 heavy (non-hydrogen) atoms. The van der Waals surface area contributed by atoms with Crippen LogP contribution in [-0.2, 0) is 0 Å². The first-order valence-electron chi connectivity index (χ1n) is 0. The van der Waals surface area contributed by atoms with Crippen molar-refractivity contribution in [2.75, 3.05) is 0 Å². The predicted molar refractivity (Wildman–Crippen MR) is 125 cm³/mol. The van der Waals surface area contributed by atoms with Crippen LogP contribution < -0.4 is 0 Å². The fourth-order valence-corrected chi connectivity index (χ4v) is 0. The summed E-state index contributed by atoms with van der Waals surface area (Å²) in [5.74, 6) is 0. The maximum absolute atomic E-state index is 0. The summed E-state index contributed by atoms with van der Waals surface area (Å²) in [6.07, 6.45) is 0. The topological polar surface area (TPSA) is 0 Å². The van der Waals surface area contributed by atoms with Crippen LogP contribution in [-0.4, -0.2) is 277 Å². The molecule has 0 unspecified atom stereocenters. The van der Waals surface area contributed by atoms with E-state index in [-0.39, 0.29) is 277 Å². The molecule has 0 aromatic carbocycles. The minimum atomic E-state index is 0. The van der Waals surface area contributed by atoms with Gasteiger partial charge in [0.25, 0.3) is 0 Å². The second-order valence-electron chi connectivity index (χ2n) is 0. The molecular weight excluding hydrogens is 745 g/mol. The first kappa shape index (κ1) is 121. The van der Waals surface area contributed by atoms with Crippen molar-refractivity contribution in [3.8, 4) is 0 Å². The molecule has 0 amide bonds. The molecule has 0 aliphatic carbocycles. The molecule has 0 nitrogen and oxygen atoms in total. The van der Waals surface area contributed by atoms with E-state index in [2.05, 4.69) is 0 Å². The standard InChI is InChI=1S/9GeH4.4Na/h9*1H4;;;;. The van der Waals surface area contributed by atoms with Crippen molar-refractivity contribution in [1.82, 2.24) is 0 Å². The summed E-state index contributed by atoms with van der Waals surface area (Å²) < 4.78 is 0. The molecule has 0 heterocycles. The SMILES string of the molecule is [GeH4].[GeH4].[GeH4].[GeH4].[GeH4].[GeH4].[GeH4].[GeH4].[GeH4].[Na].[Na].[Na].[Na]. The van der Waals surface area contributed by atoms with Crippen molar-refractivity contribution in [3.05, 3.63) is 0 Å². The molecule has 0 fully saturated rings. The predicted octanol–water partition coefficient (Wildman–Crippen LogP) is -14.6. The van der Waals surface area contributed by atoms with E-state index in [1.54, 1.807) is 0 Å². The summed E-state index contributed by atoms with van der Waals surface area (Å²) in [6.45, 7) is 0. The molecule has 0 aromatic rings. The third kappa shape index (κ3) is 94.3. The molecule has 0 aromatic heterocycles. The van der Waals surface area contributed by atoms with Crippen LogP contribution in [0.15, 0.2) is 0 Å². The van der Waals surface area contributed by atoms with Crippen molar-refractivity contribution in [1.29, 1.82) is 0 Å². The Morgan fingerprint density at radius 2 is 0.154 bits per heavy atom. The Morgan fingerprint density at radius 3 is 0.154 bits per heavy atom. The molecular formula is H36Ge9Na4. The van der Waals surface area contributed by atoms with Gasteiger partial charge in [-0.05, 0) is 0 Å². The molecule has 0 spiro atoms. The average Bonchev–Trinajstić information content (AvgIpc) is 0. The van der Waals surface area contributed by atoms with Gasteiger partial charge in [0, 0.05) is 118 Å². The summed E-state index contributed by atoms with van der Waals surface area (Å²) in [6, 6.07) is 0. The molecule has 0 N–H and O–H groups in total. The van der Waals surface area contributed by atoms with E-state index in [4.69, 9.17) is 0 Å². The first-order valence-corrected chi connectivity index (χ1v) is 0. The molecule has 0 atom stereocenters. The Labute approximate surface area is 269 Å². The Bertz CT molecular complexity index is 11.6. The zero-order valence-corrected chi connectivity index (χ0v) is 12.0. The van der Waals surface area contributed by atoms with E-state index in [1.165, 1.54) is 0 Å². The van der Waals surface area contributed by atoms with Gasteiger partial charge in [0.2, 0.25) is 0 Å². The van der Waals surface area contributed by atoms with Crippen LogP contribution in [0.2, 0.25) is 0 Å². The van der Waals surface area contributed by atoms with Gasteiger partial charge in [-0.25, -0.2) is 0 Å². The van der Waals surface area contributed by atoms with Gasteiger partial charge in [0.15, 0.2) is 0 Å². The monoisotopic (exact) mass is 794 g/mol. The van der Waals surface area contributed by atoms with Crippen molar-refractivity contribution < 1.29 is 0 Å². The van der Waals surface area contributed by atoms with Crippen LogP contribution in [0.25, 0.3) is 0 Å². The fourth-order valence-electron chi connectivity index (χ4n) is 0. The Balaban J connectivity index is 0. The van der Waals surface area contributed by atoms with Crippen molar-refractivity contribution in [2.24, 2.45) is 0 Å². The second kappa shape index (κ2) is 105. The largest absolute Gasteiger partial charge is 0 e. The molecule has 0 bridgehead atoms. The maximum atomic E-state index is 0. The third-order valence-electron chi connectivity index (χ3n) is 0. The van der Waals surface area contributed by atoms with Gasteiger partial charge in [-0.2, -0.15) is 0 Å². The molecule has 13 heteroatoms. The van der Waals surface area contributed by atoms with Gasteiger partial charge >= 0.3 is 158 Å². The van der Waals surface area contributed by atoms with Crippen LogP contribution in [0.4, 0.5) is 0 Å². The van der Waals surface area contributed by atoms with Crippen LogP contribution in [0.5, 0.6) is 0 Å². The van der Waals surface area contributed by atoms with E-state index in [9.17, 15) is 0 Å². The minimum Gasteiger partial charge on any atom is 0 e. The summed E-state index contributed by atoms with van der Waals surface area (Å²) >= 11 is 0. The zero-order valence-electron chi connectivity index (χ0n) is 4.00. The fraction of sp³-hybridized carbons (Fsp3) is 0. The zero-order chi connectivity index (χ0) is 0. The molecule has 76 valence electrons. The molecule has 0 saturated carbocycles. The summed E-state index contributed by atoms with van der Waals surface area (Å²) in [4.78, 5) is 0. The third-order valence-corrected chi connectivity index (χ3v) is 0. The molecule has 0 aliphatic heterocycles.